The van der Waals surface area contributed by atoms with E-state index in [4.69, 9.17) is 9.84 Å². The van der Waals surface area contributed by atoms with Crippen LogP contribution in [0.15, 0.2) is 12.7 Å². The van der Waals surface area contributed by atoms with Crippen molar-refractivity contribution in [3.8, 4) is 0 Å². The number of ether oxygens (including phenoxy) is 1. The predicted molar refractivity (Wildman–Crippen MR) is 59.4 cm³/mol. The molecule has 0 aliphatic carbocycles. The van der Waals surface area contributed by atoms with Gasteiger partial charge in [0, 0.05) is 7.05 Å². The Morgan fingerprint density at radius 2 is 2.18 bits per heavy atom. The number of nitrogens with one attached hydrogen (secondary N) is 1. The number of likely N-dealkylation sites (N-methyl/N-ethyl adjacent to an activating group) is 1. The van der Waals surface area contributed by atoms with Gasteiger partial charge >= 0.3 is 12.1 Å². The summed E-state index contributed by atoms with van der Waals surface area (Å²) in [6.45, 7) is 4.49. The van der Waals surface area contributed by atoms with Crippen molar-refractivity contribution in [3.05, 3.63) is 12.7 Å². The van der Waals surface area contributed by atoms with Gasteiger partial charge in [-0.3, -0.25) is 4.79 Å². The zero-order valence-electron chi connectivity index (χ0n) is 9.80. The molecular weight excluding hydrogens is 228 g/mol. The molecule has 7 nitrogen and oxygen atoms in total. The van der Waals surface area contributed by atoms with Gasteiger partial charge in [-0.15, -0.1) is 0 Å². The quantitative estimate of drug-likeness (QED) is 0.479. The molecule has 2 amide bonds. The highest BCUT2D eigenvalue weighted by atomic mass is 16.6. The average molecular weight is 244 g/mol. The molecule has 0 saturated heterocycles. The standard InChI is InChI=1S/C10H16N2O5/c1-4-5-17-9(16)12(3)6-10(2,8(14)15)11-7-13/h4,7H,1,5-6H2,2-3H3,(H,11,13)(H,14,15). The maximum atomic E-state index is 11.4. The Labute approximate surface area is 99.0 Å². The van der Waals surface area contributed by atoms with Gasteiger partial charge in [-0.05, 0) is 6.92 Å². The Bertz CT molecular complexity index is 318. The second-order valence-corrected chi connectivity index (χ2v) is 3.62. The zero-order valence-corrected chi connectivity index (χ0v) is 9.80. The Morgan fingerprint density at radius 3 is 2.59 bits per heavy atom. The van der Waals surface area contributed by atoms with Gasteiger partial charge < -0.3 is 20.1 Å². The van der Waals surface area contributed by atoms with Gasteiger partial charge in [0.05, 0.1) is 6.54 Å². The summed E-state index contributed by atoms with van der Waals surface area (Å²) in [5.74, 6) is -1.24. The van der Waals surface area contributed by atoms with E-state index in [-0.39, 0.29) is 19.6 Å². The molecule has 0 aromatic heterocycles. The van der Waals surface area contributed by atoms with Crippen molar-refractivity contribution in [2.45, 2.75) is 12.5 Å². The second kappa shape index (κ2) is 6.51. The van der Waals surface area contributed by atoms with Crippen LogP contribution >= 0.6 is 0 Å². The van der Waals surface area contributed by atoms with Crippen molar-refractivity contribution in [1.82, 2.24) is 10.2 Å². The van der Waals surface area contributed by atoms with Crippen LogP contribution in [0.2, 0.25) is 0 Å². The van der Waals surface area contributed by atoms with E-state index in [1.807, 2.05) is 0 Å². The van der Waals surface area contributed by atoms with E-state index in [0.717, 1.165) is 4.90 Å². The molecule has 0 radical (unpaired) electrons. The Kier molecular flexibility index (Phi) is 5.73. The van der Waals surface area contributed by atoms with Crippen molar-refractivity contribution in [3.63, 3.8) is 0 Å². The van der Waals surface area contributed by atoms with Crippen LogP contribution in [0, 0.1) is 0 Å². The van der Waals surface area contributed by atoms with Crippen LogP contribution in [-0.2, 0) is 14.3 Å². The molecule has 1 unspecified atom stereocenters. The average Bonchev–Trinajstić information content (AvgIpc) is 2.25. The van der Waals surface area contributed by atoms with Gasteiger partial charge in [0.1, 0.15) is 6.61 Å². The van der Waals surface area contributed by atoms with E-state index in [0.29, 0.717) is 0 Å². The lowest BCUT2D eigenvalue weighted by molar-refractivity contribution is -0.146. The molecule has 0 heterocycles. The fraction of sp³-hybridized carbons (Fsp3) is 0.500. The molecule has 0 fully saturated rings. The Hall–Kier alpha value is -2.05. The summed E-state index contributed by atoms with van der Waals surface area (Å²) in [5.41, 5.74) is -1.55. The molecule has 0 aromatic rings. The van der Waals surface area contributed by atoms with Gasteiger partial charge in [0.15, 0.2) is 5.54 Å². The van der Waals surface area contributed by atoms with Gasteiger partial charge in [0.2, 0.25) is 6.41 Å². The van der Waals surface area contributed by atoms with Crippen LogP contribution in [0.25, 0.3) is 0 Å². The van der Waals surface area contributed by atoms with Gasteiger partial charge in [-0.2, -0.15) is 0 Å². The maximum Gasteiger partial charge on any atom is 0.409 e. The third kappa shape index (κ3) is 4.54. The largest absolute Gasteiger partial charge is 0.479 e. The summed E-state index contributed by atoms with van der Waals surface area (Å²) >= 11 is 0. The van der Waals surface area contributed by atoms with Gasteiger partial charge in [-0.1, -0.05) is 12.7 Å². The number of hydrogen-bond donors (Lipinski definition) is 2. The molecule has 1 atom stereocenters. The van der Waals surface area contributed by atoms with Crippen LogP contribution in [0.1, 0.15) is 6.92 Å². The van der Waals surface area contributed by atoms with Crippen molar-refractivity contribution in [1.29, 1.82) is 0 Å². The van der Waals surface area contributed by atoms with E-state index in [1.165, 1.54) is 20.0 Å². The minimum atomic E-state index is -1.55. The first-order chi connectivity index (χ1) is 7.87. The fourth-order valence-electron chi connectivity index (χ4n) is 1.08. The lowest BCUT2D eigenvalue weighted by atomic mass is 10.0. The number of aliphatic carboxylic acids is 1. The molecule has 2 N–H and O–H groups in total. The first-order valence-electron chi connectivity index (χ1n) is 4.81. The van der Waals surface area contributed by atoms with Gasteiger partial charge in [-0.25, -0.2) is 9.59 Å². The van der Waals surface area contributed by atoms with Crippen LogP contribution in [-0.4, -0.2) is 54.2 Å². The van der Waals surface area contributed by atoms with E-state index in [1.54, 1.807) is 0 Å². The number of amides is 2. The summed E-state index contributed by atoms with van der Waals surface area (Å²) in [4.78, 5) is 33.7. The first-order valence-corrected chi connectivity index (χ1v) is 4.81. The summed E-state index contributed by atoms with van der Waals surface area (Å²) in [6.07, 6.45) is 0.980. The molecule has 0 aliphatic heterocycles. The predicted octanol–water partition coefficient (Wildman–Crippen LogP) is -0.170. The zero-order chi connectivity index (χ0) is 13.5. The van der Waals surface area contributed by atoms with E-state index < -0.39 is 17.6 Å². The third-order valence-corrected chi connectivity index (χ3v) is 2.04. The Morgan fingerprint density at radius 1 is 1.59 bits per heavy atom. The highest BCUT2D eigenvalue weighted by molar-refractivity contribution is 5.82. The number of nitrogens with zero attached hydrogens (tertiary/aromatic N) is 1. The highest BCUT2D eigenvalue weighted by Crippen LogP contribution is 2.06. The van der Waals surface area contributed by atoms with E-state index >= 15 is 0 Å². The van der Waals surface area contributed by atoms with Crippen LogP contribution in [0.5, 0.6) is 0 Å². The molecule has 0 rings (SSSR count). The SMILES string of the molecule is C=CCOC(=O)N(C)CC(C)(NC=O)C(=O)O. The molecular formula is C10H16N2O5. The van der Waals surface area contributed by atoms with Crippen molar-refractivity contribution in [2.24, 2.45) is 0 Å². The molecule has 0 aromatic carbocycles. The fourth-order valence-corrected chi connectivity index (χ4v) is 1.08. The van der Waals surface area contributed by atoms with E-state index in [9.17, 15) is 14.4 Å². The van der Waals surface area contributed by atoms with Gasteiger partial charge in [0.25, 0.3) is 0 Å². The summed E-state index contributed by atoms with van der Waals surface area (Å²) in [6, 6.07) is 0. The second-order valence-electron chi connectivity index (χ2n) is 3.62. The smallest absolute Gasteiger partial charge is 0.409 e. The summed E-state index contributed by atoms with van der Waals surface area (Å²) < 4.78 is 4.72. The first kappa shape index (κ1) is 14.9. The number of hydrogen-bond acceptors (Lipinski definition) is 4. The van der Waals surface area contributed by atoms with Crippen LogP contribution in [0.3, 0.4) is 0 Å². The number of carbonyl (C=O) groups excluding carboxylic acids is 2. The van der Waals surface area contributed by atoms with Crippen molar-refractivity contribution in [2.75, 3.05) is 20.2 Å². The molecule has 0 spiro atoms. The molecule has 0 bridgehead atoms. The highest BCUT2D eigenvalue weighted by Gasteiger charge is 2.35. The number of rotatable bonds is 7. The number of carbonyl (C=O) groups is 3. The number of carboxylic acids is 1. The van der Waals surface area contributed by atoms with Crippen molar-refractivity contribution >= 4 is 18.5 Å². The lowest BCUT2D eigenvalue weighted by Gasteiger charge is -2.28. The molecule has 7 heteroatoms. The molecule has 17 heavy (non-hydrogen) atoms. The molecule has 96 valence electrons. The lowest BCUT2D eigenvalue weighted by Crippen LogP contribution is -2.56. The summed E-state index contributed by atoms with van der Waals surface area (Å²) in [7, 11) is 1.37. The number of carboxylic acid groups (broad SMARTS) is 1. The minimum Gasteiger partial charge on any atom is -0.479 e. The summed E-state index contributed by atoms with van der Waals surface area (Å²) in [5, 5.41) is 11.1. The monoisotopic (exact) mass is 244 g/mol. The van der Waals surface area contributed by atoms with E-state index in [2.05, 4.69) is 11.9 Å². The minimum absolute atomic E-state index is 0.0358. The normalized spacial score (nSPS) is 13.1. The molecule has 0 saturated carbocycles. The maximum absolute atomic E-state index is 11.4. The Balaban J connectivity index is 4.55. The topological polar surface area (TPSA) is 95.9 Å². The van der Waals surface area contributed by atoms with Crippen LogP contribution in [0.4, 0.5) is 4.79 Å². The van der Waals surface area contributed by atoms with Crippen LogP contribution < -0.4 is 5.32 Å². The third-order valence-electron chi connectivity index (χ3n) is 2.04. The van der Waals surface area contributed by atoms with Crippen molar-refractivity contribution < 1.29 is 24.2 Å². The molecule has 0 aliphatic rings.